The first kappa shape index (κ1) is 21.2. The molecule has 33 heavy (non-hydrogen) atoms. The summed E-state index contributed by atoms with van der Waals surface area (Å²) < 4.78 is 3.84. The summed E-state index contributed by atoms with van der Waals surface area (Å²) in [4.78, 5) is 35.4. The molecule has 3 heterocycles. The maximum atomic E-state index is 13.6. The van der Waals surface area contributed by atoms with Crippen molar-refractivity contribution in [3.63, 3.8) is 0 Å². The van der Waals surface area contributed by atoms with E-state index in [1.54, 1.807) is 29.6 Å². The number of rotatable bonds is 7. The van der Waals surface area contributed by atoms with Crippen LogP contribution in [0.1, 0.15) is 21.7 Å². The van der Waals surface area contributed by atoms with Crippen molar-refractivity contribution in [3.8, 4) is 0 Å². The predicted octanol–water partition coefficient (Wildman–Crippen LogP) is 5.66. The van der Waals surface area contributed by atoms with Gasteiger partial charge in [0, 0.05) is 47.7 Å². The van der Waals surface area contributed by atoms with E-state index >= 15 is 0 Å². The Labute approximate surface area is 196 Å². The summed E-state index contributed by atoms with van der Waals surface area (Å²) >= 11 is 2.83. The van der Waals surface area contributed by atoms with Crippen LogP contribution in [0.4, 0.5) is 10.8 Å². The highest BCUT2D eigenvalue weighted by Crippen LogP contribution is 2.34. The highest BCUT2D eigenvalue weighted by molar-refractivity contribution is 7.23. The first-order valence-corrected chi connectivity index (χ1v) is 11.9. The van der Waals surface area contributed by atoms with Crippen LogP contribution in [-0.4, -0.2) is 31.9 Å². The SMILES string of the molecule is Cc1cccc2sc(N(CCCn3ccnc3)C(=O)c3cc4cc([N+](=O)[O-])ccc4s3)nc12. The first-order valence-electron chi connectivity index (χ1n) is 10.3. The third-order valence-electron chi connectivity index (χ3n) is 5.36. The Morgan fingerprint density at radius 1 is 1.18 bits per heavy atom. The van der Waals surface area contributed by atoms with E-state index < -0.39 is 4.92 Å². The smallest absolute Gasteiger partial charge is 0.270 e. The Hall–Kier alpha value is -3.63. The van der Waals surface area contributed by atoms with Crippen molar-refractivity contribution in [2.75, 3.05) is 11.4 Å². The lowest BCUT2D eigenvalue weighted by molar-refractivity contribution is -0.384. The highest BCUT2D eigenvalue weighted by atomic mass is 32.1. The van der Waals surface area contributed by atoms with Gasteiger partial charge in [-0.25, -0.2) is 9.97 Å². The molecule has 0 aliphatic carbocycles. The number of aromatic nitrogens is 3. The second kappa shape index (κ2) is 8.72. The van der Waals surface area contributed by atoms with Gasteiger partial charge in [-0.15, -0.1) is 11.3 Å². The molecule has 5 aromatic rings. The number of non-ortho nitro benzene ring substituents is 1. The van der Waals surface area contributed by atoms with Crippen LogP contribution < -0.4 is 4.90 Å². The van der Waals surface area contributed by atoms with Crippen LogP contribution >= 0.6 is 22.7 Å². The average molecular weight is 478 g/mol. The molecule has 0 saturated heterocycles. The van der Waals surface area contributed by atoms with E-state index in [1.165, 1.54) is 34.8 Å². The molecule has 10 heteroatoms. The number of carbonyl (C=O) groups is 1. The Balaban J connectivity index is 1.49. The van der Waals surface area contributed by atoms with Crippen LogP contribution in [0.15, 0.2) is 61.2 Å². The van der Waals surface area contributed by atoms with Crippen LogP contribution in [0.5, 0.6) is 0 Å². The first-order chi connectivity index (χ1) is 16.0. The topological polar surface area (TPSA) is 94.2 Å². The molecule has 0 aliphatic heterocycles. The molecule has 0 saturated carbocycles. The number of nitrogens with zero attached hydrogens (tertiary/aromatic N) is 5. The number of carbonyl (C=O) groups excluding carboxylic acids is 1. The van der Waals surface area contributed by atoms with Crippen molar-refractivity contribution in [2.24, 2.45) is 0 Å². The van der Waals surface area contributed by atoms with Crippen molar-refractivity contribution >= 4 is 59.7 Å². The number of thiazole rings is 1. The van der Waals surface area contributed by atoms with Crippen LogP contribution in [0.3, 0.4) is 0 Å². The van der Waals surface area contributed by atoms with E-state index in [0.29, 0.717) is 21.9 Å². The number of thiophene rings is 1. The van der Waals surface area contributed by atoms with Crippen molar-refractivity contribution in [2.45, 2.75) is 19.9 Å². The van der Waals surface area contributed by atoms with Crippen molar-refractivity contribution < 1.29 is 9.72 Å². The normalized spacial score (nSPS) is 11.3. The van der Waals surface area contributed by atoms with E-state index in [2.05, 4.69) is 4.98 Å². The van der Waals surface area contributed by atoms with Crippen molar-refractivity contribution in [1.82, 2.24) is 14.5 Å². The molecule has 0 fully saturated rings. The Bertz CT molecular complexity index is 1470. The Morgan fingerprint density at radius 3 is 2.82 bits per heavy atom. The number of fused-ring (bicyclic) bond motifs is 2. The van der Waals surface area contributed by atoms with Gasteiger partial charge in [-0.3, -0.25) is 19.8 Å². The Kier molecular flexibility index (Phi) is 5.61. The molecule has 0 aliphatic rings. The fourth-order valence-electron chi connectivity index (χ4n) is 3.69. The number of anilines is 1. The second-order valence-corrected chi connectivity index (χ2v) is 9.71. The summed E-state index contributed by atoms with van der Waals surface area (Å²) in [5, 5.41) is 12.5. The van der Waals surface area contributed by atoms with Crippen LogP contribution in [0.25, 0.3) is 20.3 Å². The standard InChI is InChI=1S/C23H19N5O3S2/c1-15-4-2-5-19-21(15)25-23(33-19)27(10-3-9-26-11-8-24-14-26)22(29)20-13-16-12-17(28(30)31)6-7-18(16)32-20/h2,4-8,11-14H,3,9-10H2,1H3. The molecule has 0 atom stereocenters. The summed E-state index contributed by atoms with van der Waals surface area (Å²) in [6.45, 7) is 3.23. The average Bonchev–Trinajstić information content (AvgIpc) is 3.55. The molecular formula is C23H19N5O3S2. The predicted molar refractivity (Wildman–Crippen MR) is 131 cm³/mol. The lowest BCUT2D eigenvalue weighted by Gasteiger charge is -2.19. The van der Waals surface area contributed by atoms with E-state index in [-0.39, 0.29) is 11.6 Å². The number of imidazole rings is 1. The van der Waals surface area contributed by atoms with Gasteiger partial charge in [-0.1, -0.05) is 23.5 Å². The van der Waals surface area contributed by atoms with Gasteiger partial charge in [-0.05, 0) is 37.1 Å². The molecule has 5 rings (SSSR count). The minimum atomic E-state index is -0.426. The number of amides is 1. The number of nitro benzene ring substituents is 1. The summed E-state index contributed by atoms with van der Waals surface area (Å²) in [6.07, 6.45) is 6.11. The minimum absolute atomic E-state index is 0.0122. The van der Waals surface area contributed by atoms with Crippen molar-refractivity contribution in [3.05, 3.63) is 81.7 Å². The zero-order valence-electron chi connectivity index (χ0n) is 17.7. The van der Waals surface area contributed by atoms with E-state index in [1.807, 2.05) is 35.9 Å². The molecule has 0 unspecified atom stereocenters. The van der Waals surface area contributed by atoms with Gasteiger partial charge >= 0.3 is 0 Å². The maximum absolute atomic E-state index is 13.6. The Morgan fingerprint density at radius 2 is 2.06 bits per heavy atom. The zero-order chi connectivity index (χ0) is 22.9. The lowest BCUT2D eigenvalue weighted by atomic mass is 10.2. The summed E-state index contributed by atoms with van der Waals surface area (Å²) in [6, 6.07) is 12.4. The minimum Gasteiger partial charge on any atom is -0.337 e. The lowest BCUT2D eigenvalue weighted by Crippen LogP contribution is -2.31. The van der Waals surface area contributed by atoms with Gasteiger partial charge in [0.2, 0.25) is 0 Å². The second-order valence-electron chi connectivity index (χ2n) is 7.62. The van der Waals surface area contributed by atoms with Crippen molar-refractivity contribution in [1.29, 1.82) is 0 Å². The van der Waals surface area contributed by atoms with Crippen LogP contribution in [0, 0.1) is 17.0 Å². The van der Waals surface area contributed by atoms with Gasteiger partial charge in [0.25, 0.3) is 11.6 Å². The van der Waals surface area contributed by atoms with Gasteiger partial charge < -0.3 is 4.57 Å². The van der Waals surface area contributed by atoms with E-state index in [0.717, 1.165) is 33.4 Å². The largest absolute Gasteiger partial charge is 0.337 e. The molecule has 166 valence electrons. The van der Waals surface area contributed by atoms with Gasteiger partial charge in [0.15, 0.2) is 5.13 Å². The zero-order valence-corrected chi connectivity index (χ0v) is 19.3. The van der Waals surface area contributed by atoms with Crippen LogP contribution in [0.2, 0.25) is 0 Å². The summed E-state index contributed by atoms with van der Waals surface area (Å²) in [5.74, 6) is -0.152. The number of aryl methyl sites for hydroxylation is 2. The fraction of sp³-hybridized carbons (Fsp3) is 0.174. The molecule has 3 aromatic heterocycles. The number of hydrogen-bond acceptors (Lipinski definition) is 7. The third-order valence-corrected chi connectivity index (χ3v) is 7.51. The fourth-order valence-corrected chi connectivity index (χ4v) is 5.75. The maximum Gasteiger partial charge on any atom is 0.270 e. The monoisotopic (exact) mass is 477 g/mol. The number of para-hydroxylation sites is 1. The van der Waals surface area contributed by atoms with E-state index in [4.69, 9.17) is 4.98 Å². The molecule has 0 spiro atoms. The molecular weight excluding hydrogens is 458 g/mol. The quantitative estimate of drug-likeness (QED) is 0.223. The summed E-state index contributed by atoms with van der Waals surface area (Å²) in [7, 11) is 0. The van der Waals surface area contributed by atoms with Gasteiger partial charge in [0.1, 0.15) is 0 Å². The molecule has 0 radical (unpaired) electrons. The van der Waals surface area contributed by atoms with Crippen LogP contribution in [-0.2, 0) is 6.54 Å². The van der Waals surface area contributed by atoms with Gasteiger partial charge in [0.05, 0.1) is 26.3 Å². The molecule has 1 amide bonds. The number of nitro groups is 1. The molecule has 0 N–H and O–H groups in total. The van der Waals surface area contributed by atoms with Gasteiger partial charge in [-0.2, -0.15) is 0 Å². The van der Waals surface area contributed by atoms with E-state index in [9.17, 15) is 14.9 Å². The molecule has 0 bridgehead atoms. The highest BCUT2D eigenvalue weighted by Gasteiger charge is 2.24. The number of benzene rings is 2. The number of hydrogen-bond donors (Lipinski definition) is 0. The molecule has 8 nitrogen and oxygen atoms in total. The third kappa shape index (κ3) is 4.22. The molecule has 2 aromatic carbocycles. The summed E-state index contributed by atoms with van der Waals surface area (Å²) in [5.41, 5.74) is 1.98.